The molecule has 1 aliphatic carbocycles. The average molecular weight is 243 g/mol. The van der Waals surface area contributed by atoms with Gasteiger partial charge in [-0.1, -0.05) is 18.6 Å². The Hall–Kier alpha value is -0.630. The number of halogens is 1. The number of carbonyl (C=O) groups is 2. The summed E-state index contributed by atoms with van der Waals surface area (Å²) in [4.78, 5) is 22.6. The van der Waals surface area contributed by atoms with E-state index < -0.39 is 0 Å². The van der Waals surface area contributed by atoms with E-state index in [1.807, 2.05) is 0 Å². The van der Waals surface area contributed by atoms with E-state index in [0.717, 1.165) is 19.3 Å². The third-order valence-corrected chi connectivity index (χ3v) is 3.60. The van der Waals surface area contributed by atoms with Gasteiger partial charge in [-0.2, -0.15) is 0 Å². The highest BCUT2D eigenvalue weighted by molar-refractivity contribution is 6.63. The van der Waals surface area contributed by atoms with Crippen LogP contribution in [0.25, 0.3) is 0 Å². The largest absolute Gasteiger partial charge is 0.299 e. The number of ketones is 1. The third kappa shape index (κ3) is 3.75. The zero-order valence-electron chi connectivity index (χ0n) is 9.96. The van der Waals surface area contributed by atoms with Gasteiger partial charge in [0.2, 0.25) is 5.24 Å². The van der Waals surface area contributed by atoms with E-state index in [1.165, 1.54) is 5.57 Å². The fourth-order valence-corrected chi connectivity index (χ4v) is 2.42. The van der Waals surface area contributed by atoms with E-state index in [-0.39, 0.29) is 17.1 Å². The van der Waals surface area contributed by atoms with Crippen molar-refractivity contribution in [2.75, 3.05) is 0 Å². The molecule has 0 bridgehead atoms. The molecule has 1 saturated carbocycles. The Balaban J connectivity index is 2.59. The van der Waals surface area contributed by atoms with Crippen LogP contribution in [0.4, 0.5) is 0 Å². The fraction of sp³-hybridized carbons (Fsp3) is 0.692. The van der Waals surface area contributed by atoms with Crippen molar-refractivity contribution in [3.63, 3.8) is 0 Å². The lowest BCUT2D eigenvalue weighted by Crippen LogP contribution is -2.15. The first kappa shape index (κ1) is 13.4. The van der Waals surface area contributed by atoms with Crippen molar-refractivity contribution in [3.05, 3.63) is 11.6 Å². The molecular formula is C13H19ClO2. The van der Waals surface area contributed by atoms with Gasteiger partial charge >= 0.3 is 0 Å². The molecule has 0 saturated heterocycles. The number of Topliss-reactive ketones (excluding diaryl/α,β-unsaturated/α-hetero) is 1. The van der Waals surface area contributed by atoms with Crippen LogP contribution >= 0.6 is 11.6 Å². The second kappa shape index (κ2) is 6.19. The summed E-state index contributed by atoms with van der Waals surface area (Å²) in [5, 5.41) is -0.319. The van der Waals surface area contributed by atoms with E-state index >= 15 is 0 Å². The molecule has 0 radical (unpaired) electrons. The van der Waals surface area contributed by atoms with Crippen molar-refractivity contribution >= 4 is 22.6 Å². The van der Waals surface area contributed by atoms with Crippen LogP contribution in [0.3, 0.4) is 0 Å². The summed E-state index contributed by atoms with van der Waals surface area (Å²) in [5.41, 5.74) is 1.30. The first-order chi connectivity index (χ1) is 7.54. The molecular weight excluding hydrogens is 224 g/mol. The molecule has 2 unspecified atom stereocenters. The van der Waals surface area contributed by atoms with Crippen molar-refractivity contribution in [1.82, 2.24) is 0 Å². The minimum Gasteiger partial charge on any atom is -0.299 e. The molecule has 90 valence electrons. The normalized spacial score (nSPS) is 26.2. The molecule has 1 aliphatic rings. The van der Waals surface area contributed by atoms with Crippen LogP contribution in [-0.2, 0) is 9.59 Å². The molecule has 0 aromatic rings. The summed E-state index contributed by atoms with van der Waals surface area (Å²) in [7, 11) is 0. The number of hydrogen-bond donors (Lipinski definition) is 0. The molecule has 0 aromatic carbocycles. The van der Waals surface area contributed by atoms with Crippen molar-refractivity contribution in [2.45, 2.75) is 46.0 Å². The van der Waals surface area contributed by atoms with E-state index in [4.69, 9.17) is 11.6 Å². The van der Waals surface area contributed by atoms with Crippen molar-refractivity contribution in [3.8, 4) is 0 Å². The summed E-state index contributed by atoms with van der Waals surface area (Å²) in [6.07, 6.45) is 5.68. The lowest BCUT2D eigenvalue weighted by atomic mass is 9.89. The second-order valence-electron chi connectivity index (χ2n) is 4.57. The molecule has 16 heavy (non-hydrogen) atoms. The Labute approximate surface area is 102 Å². The zero-order valence-corrected chi connectivity index (χ0v) is 10.7. The van der Waals surface area contributed by atoms with Gasteiger partial charge in [0, 0.05) is 18.8 Å². The van der Waals surface area contributed by atoms with Crippen LogP contribution < -0.4 is 0 Å². The molecule has 0 heterocycles. The summed E-state index contributed by atoms with van der Waals surface area (Å²) < 4.78 is 0. The first-order valence-corrected chi connectivity index (χ1v) is 6.29. The van der Waals surface area contributed by atoms with Gasteiger partial charge in [0.25, 0.3) is 0 Å². The predicted molar refractivity (Wildman–Crippen MR) is 65.4 cm³/mol. The molecule has 1 rings (SSSR count). The fourth-order valence-electron chi connectivity index (χ4n) is 2.22. The highest BCUT2D eigenvalue weighted by atomic mass is 35.5. The molecule has 0 amide bonds. The van der Waals surface area contributed by atoms with E-state index in [0.29, 0.717) is 18.6 Å². The second-order valence-corrected chi connectivity index (χ2v) is 4.99. The summed E-state index contributed by atoms with van der Waals surface area (Å²) in [5.74, 6) is 0.477. The van der Waals surface area contributed by atoms with Crippen LogP contribution in [0.15, 0.2) is 11.6 Å². The number of carbonyl (C=O) groups excluding carboxylic acids is 2. The first-order valence-electron chi connectivity index (χ1n) is 5.91. The number of hydrogen-bond acceptors (Lipinski definition) is 2. The predicted octanol–water partition coefficient (Wildman–Crippen LogP) is 3.48. The maximum absolute atomic E-state index is 11.7. The molecule has 0 aliphatic heterocycles. The standard InChI is InChI=1S/C13H19ClO2/c1-3-9(2)4-6-11-10(8-13(14)16)5-7-12(11)15/h4,10-11H,3,5-8H2,1-2H3. The topological polar surface area (TPSA) is 34.1 Å². The highest BCUT2D eigenvalue weighted by Gasteiger charge is 2.34. The van der Waals surface area contributed by atoms with Gasteiger partial charge in [0.1, 0.15) is 5.78 Å². The Kier molecular flexibility index (Phi) is 5.20. The van der Waals surface area contributed by atoms with Gasteiger partial charge in [0.15, 0.2) is 0 Å². The van der Waals surface area contributed by atoms with Gasteiger partial charge in [-0.15, -0.1) is 0 Å². The Morgan fingerprint density at radius 3 is 2.81 bits per heavy atom. The maximum atomic E-state index is 11.7. The minimum atomic E-state index is -0.319. The van der Waals surface area contributed by atoms with Crippen molar-refractivity contribution in [2.24, 2.45) is 11.8 Å². The summed E-state index contributed by atoms with van der Waals surface area (Å²) in [6, 6.07) is 0. The molecule has 1 fully saturated rings. The number of allylic oxidation sites excluding steroid dienone is 2. The summed E-state index contributed by atoms with van der Waals surface area (Å²) in [6.45, 7) is 4.17. The Bertz CT molecular complexity index is 307. The molecule has 0 aromatic heterocycles. The van der Waals surface area contributed by atoms with Crippen LogP contribution in [0, 0.1) is 11.8 Å². The molecule has 3 heteroatoms. The molecule has 2 nitrogen and oxygen atoms in total. The molecule has 0 spiro atoms. The van der Waals surface area contributed by atoms with E-state index in [9.17, 15) is 9.59 Å². The SMILES string of the molecule is CCC(C)=CCC1C(=O)CCC1CC(=O)Cl. The Morgan fingerprint density at radius 1 is 1.56 bits per heavy atom. The minimum absolute atomic E-state index is 0.0178. The van der Waals surface area contributed by atoms with Crippen molar-refractivity contribution < 1.29 is 9.59 Å². The maximum Gasteiger partial charge on any atom is 0.221 e. The average Bonchev–Trinajstić information content (AvgIpc) is 2.56. The van der Waals surface area contributed by atoms with Gasteiger partial charge in [-0.3, -0.25) is 9.59 Å². The van der Waals surface area contributed by atoms with E-state index in [1.54, 1.807) is 0 Å². The smallest absolute Gasteiger partial charge is 0.221 e. The molecule has 0 N–H and O–H groups in total. The van der Waals surface area contributed by atoms with Gasteiger partial charge in [0.05, 0.1) is 0 Å². The lowest BCUT2D eigenvalue weighted by Gasteiger charge is -2.14. The Morgan fingerprint density at radius 2 is 2.25 bits per heavy atom. The zero-order chi connectivity index (χ0) is 12.1. The monoisotopic (exact) mass is 242 g/mol. The highest BCUT2D eigenvalue weighted by Crippen LogP contribution is 2.34. The molecule has 2 atom stereocenters. The van der Waals surface area contributed by atoms with Gasteiger partial charge < -0.3 is 0 Å². The summed E-state index contributed by atoms with van der Waals surface area (Å²) >= 11 is 5.40. The van der Waals surface area contributed by atoms with Crippen molar-refractivity contribution in [1.29, 1.82) is 0 Å². The lowest BCUT2D eigenvalue weighted by molar-refractivity contribution is -0.121. The van der Waals surface area contributed by atoms with Crippen LogP contribution in [0.5, 0.6) is 0 Å². The van der Waals surface area contributed by atoms with E-state index in [2.05, 4.69) is 19.9 Å². The van der Waals surface area contributed by atoms with Crippen LogP contribution in [-0.4, -0.2) is 11.0 Å². The van der Waals surface area contributed by atoms with Crippen LogP contribution in [0.1, 0.15) is 46.0 Å². The van der Waals surface area contributed by atoms with Crippen LogP contribution in [0.2, 0.25) is 0 Å². The quantitative estimate of drug-likeness (QED) is 0.546. The van der Waals surface area contributed by atoms with Gasteiger partial charge in [-0.25, -0.2) is 0 Å². The van der Waals surface area contributed by atoms with Gasteiger partial charge in [-0.05, 0) is 43.7 Å². The number of rotatable bonds is 5. The third-order valence-electron chi connectivity index (χ3n) is 3.44.